The molecule has 71 heavy (non-hydrogen) atoms. The van der Waals surface area contributed by atoms with Gasteiger partial charge in [-0.2, -0.15) is 15.2 Å². The summed E-state index contributed by atoms with van der Waals surface area (Å²) in [6.45, 7) is 7.14. The summed E-state index contributed by atoms with van der Waals surface area (Å²) in [5.41, 5.74) is 15.5. The van der Waals surface area contributed by atoms with Gasteiger partial charge in [-0.1, -0.05) is 90.6 Å². The summed E-state index contributed by atoms with van der Waals surface area (Å²) in [6.07, 6.45) is 5.94. The number of hydrogen-bond donors (Lipinski definition) is 5. The molecule has 366 valence electrons. The van der Waals surface area contributed by atoms with E-state index in [4.69, 9.17) is 15.7 Å². The second-order valence-electron chi connectivity index (χ2n) is 16.9. The maximum Gasteiger partial charge on any atom is 0.303 e. The van der Waals surface area contributed by atoms with Crippen LogP contribution in [0.3, 0.4) is 0 Å². The van der Waals surface area contributed by atoms with E-state index in [-0.39, 0.29) is 23.4 Å². The van der Waals surface area contributed by atoms with Crippen LogP contribution >= 0.6 is 34.4 Å². The number of thioether (sulfide) groups is 1. The zero-order valence-corrected chi connectivity index (χ0v) is 41.6. The van der Waals surface area contributed by atoms with Gasteiger partial charge in [-0.25, -0.2) is 24.6 Å². The number of amides is 3. The third-order valence-corrected chi connectivity index (χ3v) is 14.4. The Balaban J connectivity index is 0.680. The number of nitrogens with zero attached hydrogens (tertiary/aromatic N) is 11. The monoisotopic (exact) mass is 1010 g/mol. The van der Waals surface area contributed by atoms with Crippen LogP contribution in [0.1, 0.15) is 59.7 Å². The Labute approximate surface area is 422 Å². The van der Waals surface area contributed by atoms with Crippen molar-refractivity contribution in [3.63, 3.8) is 0 Å². The normalized spacial score (nSPS) is 14.8. The van der Waals surface area contributed by atoms with Gasteiger partial charge in [-0.05, 0) is 68.5 Å². The van der Waals surface area contributed by atoms with Crippen LogP contribution in [0.2, 0.25) is 0 Å². The minimum absolute atomic E-state index is 0.0160. The van der Waals surface area contributed by atoms with E-state index in [0.29, 0.717) is 88.6 Å². The average Bonchev–Trinajstić information content (AvgIpc) is 4.25. The molecule has 6 heterocycles. The third kappa shape index (κ3) is 12.3. The minimum atomic E-state index is -0.410. The second-order valence-corrected chi connectivity index (χ2v) is 19.6. The van der Waals surface area contributed by atoms with E-state index in [1.54, 1.807) is 30.1 Å². The molecule has 1 fully saturated rings. The van der Waals surface area contributed by atoms with Crippen LogP contribution in [0.15, 0.2) is 111 Å². The zero-order chi connectivity index (χ0) is 48.9. The Bertz CT molecular complexity index is 2970. The highest BCUT2D eigenvalue weighted by Gasteiger charge is 2.36. The molecule has 2 aliphatic heterocycles. The number of thiazole rings is 2. The van der Waals surface area contributed by atoms with Crippen LogP contribution in [-0.4, -0.2) is 121 Å². The van der Waals surface area contributed by atoms with E-state index >= 15 is 0 Å². The summed E-state index contributed by atoms with van der Waals surface area (Å²) in [7, 11) is 0. The van der Waals surface area contributed by atoms with Crippen molar-refractivity contribution in [1.29, 1.82) is 0 Å². The number of likely N-dealkylation sites (tertiary alicyclic amines) is 1. The summed E-state index contributed by atoms with van der Waals surface area (Å²) in [5, 5.41) is 33.8. The molecule has 6 N–H and O–H groups in total. The fourth-order valence-electron chi connectivity index (χ4n) is 8.08. The average molecular weight is 1010 g/mol. The number of carbonyl (C=O) groups is 3. The topological polar surface area (TPSA) is 239 Å². The lowest BCUT2D eigenvalue weighted by Gasteiger charge is -2.31. The Morgan fingerprint density at radius 1 is 0.901 bits per heavy atom. The maximum absolute atomic E-state index is 13.6. The second kappa shape index (κ2) is 23.8. The van der Waals surface area contributed by atoms with Crippen molar-refractivity contribution in [2.24, 2.45) is 21.9 Å². The lowest BCUT2D eigenvalue weighted by molar-refractivity contribution is -0.126. The number of nitrogens with two attached hydrogens (primary N) is 1. The molecule has 7 aromatic rings. The van der Waals surface area contributed by atoms with Gasteiger partial charge in [0.1, 0.15) is 5.71 Å². The molecule has 1 saturated heterocycles. The Hall–Kier alpha value is -6.98. The van der Waals surface area contributed by atoms with E-state index in [2.05, 4.69) is 87.9 Å². The fourth-order valence-corrected chi connectivity index (χ4v) is 10.0. The van der Waals surface area contributed by atoms with Gasteiger partial charge in [-0.15, -0.1) is 27.8 Å². The first-order valence-electron chi connectivity index (χ1n) is 23.7. The highest BCUT2D eigenvalue weighted by Crippen LogP contribution is 2.31. The summed E-state index contributed by atoms with van der Waals surface area (Å²) in [5.74, 6) is 1.10. The number of aryl methyl sites for hydroxylation is 1. The van der Waals surface area contributed by atoms with Crippen LogP contribution in [0.5, 0.6) is 0 Å². The van der Waals surface area contributed by atoms with Crippen molar-refractivity contribution in [2.45, 2.75) is 50.7 Å². The largest absolute Gasteiger partial charge is 0.367 e. The van der Waals surface area contributed by atoms with Crippen molar-refractivity contribution >= 4 is 90.8 Å². The number of hydrazone groups is 2. The van der Waals surface area contributed by atoms with E-state index < -0.39 is 5.91 Å². The van der Waals surface area contributed by atoms with E-state index in [0.717, 1.165) is 67.6 Å². The van der Waals surface area contributed by atoms with Gasteiger partial charge in [0.15, 0.2) is 27.8 Å². The number of rotatable bonds is 22. The predicted octanol–water partition coefficient (Wildman–Crippen LogP) is 6.13. The van der Waals surface area contributed by atoms with Crippen molar-refractivity contribution in [1.82, 2.24) is 50.5 Å². The van der Waals surface area contributed by atoms with Gasteiger partial charge in [0.25, 0.3) is 5.91 Å². The molecular weight excluding hydrogens is 957 g/mol. The smallest absolute Gasteiger partial charge is 0.303 e. The van der Waals surface area contributed by atoms with Gasteiger partial charge < -0.3 is 26.6 Å². The maximum atomic E-state index is 13.6. The molecule has 3 aromatic carbocycles. The van der Waals surface area contributed by atoms with Crippen LogP contribution in [0.4, 0.5) is 16.1 Å². The molecule has 9 rings (SSSR count). The standard InChI is InChI=1S/C49H54N16O3S3/c1-2-28-69-48-56-42(51-22-20-50)41-43(57-48)64(62-59-41)30-33-12-10-32(11-13-33)7-6-21-52-45(67)37-18-25-63(26-19-37)27-23-53-44(66)36-16-14-34(15-17-36)38-31-71-49(55-38)65-46(68)40(58-60-47-54-24-29-70-47)39(61-65)35-8-4-3-5-9-35/h3-5,8-17,24,29,31,37H,2,6-7,18-23,25-28,30,50H2,1H3,(H,52,67)(H,53,66)(H,54,60)(H,51,56,57)/b58-40+. The third-order valence-electron chi connectivity index (χ3n) is 11.9. The molecule has 22 heteroatoms. The lowest BCUT2D eigenvalue weighted by atomic mass is 9.96. The lowest BCUT2D eigenvalue weighted by Crippen LogP contribution is -2.43. The van der Waals surface area contributed by atoms with Crippen LogP contribution in [0, 0.1) is 5.92 Å². The van der Waals surface area contributed by atoms with Gasteiger partial charge in [-0.3, -0.25) is 19.8 Å². The van der Waals surface area contributed by atoms with E-state index in [1.165, 1.54) is 33.2 Å². The van der Waals surface area contributed by atoms with Crippen LogP contribution in [-0.2, 0) is 22.6 Å². The number of nitrogens with one attached hydrogen (secondary N) is 4. The van der Waals surface area contributed by atoms with E-state index in [1.807, 2.05) is 57.9 Å². The highest BCUT2D eigenvalue weighted by molar-refractivity contribution is 7.99. The van der Waals surface area contributed by atoms with Crippen molar-refractivity contribution in [3.05, 3.63) is 118 Å². The molecule has 0 unspecified atom stereocenters. The van der Waals surface area contributed by atoms with Gasteiger partial charge in [0, 0.05) is 78.0 Å². The van der Waals surface area contributed by atoms with Gasteiger partial charge >= 0.3 is 5.91 Å². The molecule has 0 bridgehead atoms. The molecule has 3 amide bonds. The first-order chi connectivity index (χ1) is 34.8. The number of anilines is 3. The summed E-state index contributed by atoms with van der Waals surface area (Å²) in [4.78, 5) is 60.4. The first kappa shape index (κ1) is 49.0. The van der Waals surface area contributed by atoms with Crippen LogP contribution in [0.25, 0.3) is 22.4 Å². The van der Waals surface area contributed by atoms with E-state index in [9.17, 15) is 14.4 Å². The summed E-state index contributed by atoms with van der Waals surface area (Å²) < 4.78 is 1.81. The van der Waals surface area contributed by atoms with Gasteiger partial charge in [0.05, 0.1) is 12.2 Å². The first-order valence-corrected chi connectivity index (χ1v) is 26.4. The number of aromatic nitrogens is 7. The molecule has 0 radical (unpaired) electrons. The Kier molecular flexibility index (Phi) is 16.4. The molecular formula is C49H54N16O3S3. The van der Waals surface area contributed by atoms with Crippen molar-refractivity contribution < 1.29 is 14.4 Å². The fraction of sp³-hybridized carbons (Fsp3) is 0.327. The predicted molar refractivity (Wildman–Crippen MR) is 281 cm³/mol. The number of benzene rings is 3. The molecule has 0 aliphatic carbocycles. The Morgan fingerprint density at radius 3 is 2.46 bits per heavy atom. The highest BCUT2D eigenvalue weighted by atomic mass is 32.2. The number of piperidine rings is 1. The SMILES string of the molecule is CCCSc1nc(NCCN)c2nnn(Cc3ccc(CCCNC(=O)C4CCN(CCNC(=O)c5ccc(-c6csc(N7N=C(c8ccccc8)/C(=N\Nc8nccs8)C7=O)n6)cc5)CC4)cc3)c2n1. The van der Waals surface area contributed by atoms with Crippen molar-refractivity contribution in [2.75, 3.05) is 67.3 Å². The number of hydrogen-bond acceptors (Lipinski definition) is 18. The molecule has 0 spiro atoms. The quantitative estimate of drug-likeness (QED) is 0.0222. The van der Waals surface area contributed by atoms with Crippen molar-refractivity contribution in [3.8, 4) is 11.3 Å². The Morgan fingerprint density at radius 2 is 1.70 bits per heavy atom. The van der Waals surface area contributed by atoms with Gasteiger partial charge in [0.2, 0.25) is 16.2 Å². The minimum Gasteiger partial charge on any atom is -0.367 e. The molecule has 4 aromatic heterocycles. The summed E-state index contributed by atoms with van der Waals surface area (Å²) in [6, 6.07) is 25.1. The molecule has 2 aliphatic rings. The molecule has 19 nitrogen and oxygen atoms in total. The molecule has 0 saturated carbocycles. The zero-order valence-electron chi connectivity index (χ0n) is 39.2. The number of fused-ring (bicyclic) bond motifs is 1. The van der Waals surface area contributed by atoms with Crippen LogP contribution < -0.4 is 32.1 Å². The molecule has 0 atom stereocenters. The number of carbonyl (C=O) groups excluding carboxylic acids is 3. The summed E-state index contributed by atoms with van der Waals surface area (Å²) >= 11 is 4.27.